The normalized spacial score (nSPS) is 12.3. The molecular weight excluding hydrogens is 322 g/mol. The fourth-order valence-corrected chi connectivity index (χ4v) is 2.68. The van der Waals surface area contributed by atoms with Crippen LogP contribution in [0.15, 0.2) is 65.1 Å². The Morgan fingerprint density at radius 1 is 1.08 bits per heavy atom. The van der Waals surface area contributed by atoms with Crippen LogP contribution in [0, 0.1) is 6.92 Å². The number of benzene rings is 2. The average molecular weight is 342 g/mol. The second-order valence-corrected chi connectivity index (χ2v) is 6.19. The topological polar surface area (TPSA) is 45.4 Å². The van der Waals surface area contributed by atoms with E-state index >= 15 is 0 Å². The van der Waals surface area contributed by atoms with Gasteiger partial charge in [0.25, 0.3) is 0 Å². The Kier molecular flexibility index (Phi) is 5.36. The van der Waals surface area contributed by atoms with Gasteiger partial charge in [-0.25, -0.2) is 0 Å². The molecule has 24 heavy (non-hydrogen) atoms. The Bertz CT molecular complexity index is 798. The molecule has 0 spiro atoms. The predicted molar refractivity (Wildman–Crippen MR) is 97.0 cm³/mol. The van der Waals surface area contributed by atoms with E-state index in [1.54, 1.807) is 0 Å². The second-order valence-electron chi connectivity index (χ2n) is 5.79. The highest BCUT2D eigenvalue weighted by atomic mass is 35.5. The first kappa shape index (κ1) is 16.8. The lowest BCUT2D eigenvalue weighted by Gasteiger charge is -2.11. The number of hydrogen-bond acceptors (Lipinski definition) is 3. The van der Waals surface area contributed by atoms with Crippen molar-refractivity contribution in [2.45, 2.75) is 19.6 Å². The minimum absolute atomic E-state index is 0.469. The monoisotopic (exact) mass is 341 g/mol. The molecule has 2 aromatic carbocycles. The molecule has 1 atom stereocenters. The van der Waals surface area contributed by atoms with Gasteiger partial charge in [-0.05, 0) is 36.2 Å². The fraction of sp³-hybridized carbons (Fsp3) is 0.200. The molecule has 3 rings (SSSR count). The summed E-state index contributed by atoms with van der Waals surface area (Å²) in [5, 5.41) is 14.1. The predicted octanol–water partition coefficient (Wildman–Crippen LogP) is 4.73. The molecule has 0 aliphatic heterocycles. The average Bonchev–Trinajstić information content (AvgIpc) is 3.07. The third kappa shape index (κ3) is 4.06. The van der Waals surface area contributed by atoms with Crippen LogP contribution in [0.3, 0.4) is 0 Å². The number of nitrogens with one attached hydrogen (secondary N) is 1. The lowest BCUT2D eigenvalue weighted by molar-refractivity contribution is 0.173. The molecule has 0 bridgehead atoms. The van der Waals surface area contributed by atoms with Crippen LogP contribution in [0.1, 0.15) is 23.0 Å². The molecule has 3 nitrogen and oxygen atoms in total. The van der Waals surface area contributed by atoms with Gasteiger partial charge in [-0.2, -0.15) is 0 Å². The zero-order valence-electron chi connectivity index (χ0n) is 13.5. The Labute approximate surface area is 146 Å². The van der Waals surface area contributed by atoms with Crippen LogP contribution in [0.4, 0.5) is 0 Å². The van der Waals surface area contributed by atoms with Crippen LogP contribution in [0.5, 0.6) is 0 Å². The van der Waals surface area contributed by atoms with E-state index in [0.29, 0.717) is 13.1 Å². The molecule has 0 saturated carbocycles. The van der Waals surface area contributed by atoms with Crippen LogP contribution in [-0.2, 0) is 6.54 Å². The molecule has 3 aromatic rings. The summed E-state index contributed by atoms with van der Waals surface area (Å²) in [6, 6.07) is 19.4. The number of aliphatic hydroxyl groups is 1. The van der Waals surface area contributed by atoms with Gasteiger partial charge in [0.05, 0.1) is 12.6 Å². The van der Waals surface area contributed by atoms with Crippen molar-refractivity contribution in [2.24, 2.45) is 0 Å². The molecule has 0 aliphatic carbocycles. The van der Waals surface area contributed by atoms with Gasteiger partial charge < -0.3 is 14.8 Å². The molecule has 0 saturated heterocycles. The minimum Gasteiger partial charge on any atom is -0.460 e. The number of aryl methyl sites for hydroxylation is 1. The summed E-state index contributed by atoms with van der Waals surface area (Å²) in [4.78, 5) is 0. The lowest BCUT2D eigenvalue weighted by Crippen LogP contribution is -2.20. The summed E-state index contributed by atoms with van der Waals surface area (Å²) < 4.78 is 5.85. The van der Waals surface area contributed by atoms with Gasteiger partial charge in [-0.15, -0.1) is 0 Å². The van der Waals surface area contributed by atoms with E-state index in [2.05, 4.69) is 5.32 Å². The summed E-state index contributed by atoms with van der Waals surface area (Å²) in [5.41, 5.74) is 2.91. The van der Waals surface area contributed by atoms with Crippen molar-refractivity contribution < 1.29 is 9.52 Å². The van der Waals surface area contributed by atoms with Crippen molar-refractivity contribution in [2.75, 3.05) is 6.54 Å². The molecule has 124 valence electrons. The maximum Gasteiger partial charge on any atom is 0.134 e. The Morgan fingerprint density at radius 2 is 1.88 bits per heavy atom. The third-order valence-electron chi connectivity index (χ3n) is 3.94. The SMILES string of the molecule is Cc1ccc(-c2ccc(CNC[C@@H](O)c3ccccc3)o2)cc1Cl. The van der Waals surface area contributed by atoms with Gasteiger partial charge in [0, 0.05) is 17.1 Å². The van der Waals surface area contributed by atoms with Gasteiger partial charge in [0.1, 0.15) is 11.5 Å². The van der Waals surface area contributed by atoms with E-state index in [-0.39, 0.29) is 0 Å². The van der Waals surface area contributed by atoms with Gasteiger partial charge in [-0.1, -0.05) is 54.1 Å². The lowest BCUT2D eigenvalue weighted by atomic mass is 10.1. The minimum atomic E-state index is -0.531. The van der Waals surface area contributed by atoms with Crippen molar-refractivity contribution in [3.63, 3.8) is 0 Å². The molecule has 0 amide bonds. The van der Waals surface area contributed by atoms with Gasteiger partial charge in [0.2, 0.25) is 0 Å². The van der Waals surface area contributed by atoms with Crippen LogP contribution in [0.2, 0.25) is 5.02 Å². The van der Waals surface area contributed by atoms with Crippen molar-refractivity contribution in [1.29, 1.82) is 0 Å². The molecule has 1 heterocycles. The van der Waals surface area contributed by atoms with Crippen molar-refractivity contribution in [3.05, 3.63) is 82.6 Å². The van der Waals surface area contributed by atoms with Gasteiger partial charge >= 0.3 is 0 Å². The largest absolute Gasteiger partial charge is 0.460 e. The summed E-state index contributed by atoms with van der Waals surface area (Å²) in [6.45, 7) is 3.00. The van der Waals surface area contributed by atoms with Crippen LogP contribution in [-0.4, -0.2) is 11.7 Å². The van der Waals surface area contributed by atoms with Crippen LogP contribution in [0.25, 0.3) is 11.3 Å². The molecule has 1 aromatic heterocycles. The number of aliphatic hydroxyl groups excluding tert-OH is 1. The van der Waals surface area contributed by atoms with E-state index in [1.165, 1.54) is 0 Å². The smallest absolute Gasteiger partial charge is 0.134 e. The van der Waals surface area contributed by atoms with Crippen molar-refractivity contribution >= 4 is 11.6 Å². The Hall–Kier alpha value is -2.07. The maximum absolute atomic E-state index is 10.1. The molecule has 4 heteroatoms. The number of halogens is 1. The molecule has 0 radical (unpaired) electrons. The van der Waals surface area contributed by atoms with Crippen LogP contribution >= 0.6 is 11.6 Å². The maximum atomic E-state index is 10.1. The van der Waals surface area contributed by atoms with Crippen molar-refractivity contribution in [1.82, 2.24) is 5.32 Å². The highest BCUT2D eigenvalue weighted by molar-refractivity contribution is 6.31. The zero-order chi connectivity index (χ0) is 16.9. The first-order valence-corrected chi connectivity index (χ1v) is 8.30. The van der Waals surface area contributed by atoms with E-state index in [1.807, 2.05) is 67.6 Å². The molecule has 2 N–H and O–H groups in total. The summed E-state index contributed by atoms with van der Waals surface area (Å²) >= 11 is 6.17. The van der Waals surface area contributed by atoms with Gasteiger partial charge in [0.15, 0.2) is 0 Å². The molecule has 0 aliphatic rings. The van der Waals surface area contributed by atoms with E-state index < -0.39 is 6.10 Å². The number of hydrogen-bond donors (Lipinski definition) is 2. The third-order valence-corrected chi connectivity index (χ3v) is 4.35. The van der Waals surface area contributed by atoms with Crippen molar-refractivity contribution in [3.8, 4) is 11.3 Å². The first-order valence-electron chi connectivity index (χ1n) is 7.92. The summed E-state index contributed by atoms with van der Waals surface area (Å²) in [6.07, 6.45) is -0.531. The van der Waals surface area contributed by atoms with E-state index in [9.17, 15) is 5.11 Å². The Morgan fingerprint density at radius 3 is 2.62 bits per heavy atom. The first-order chi connectivity index (χ1) is 11.6. The quantitative estimate of drug-likeness (QED) is 0.681. The summed E-state index contributed by atoms with van der Waals surface area (Å²) in [7, 11) is 0. The Balaban J connectivity index is 1.57. The van der Waals surface area contributed by atoms with Crippen LogP contribution < -0.4 is 5.32 Å². The molecular formula is C20H20ClNO2. The number of rotatable bonds is 6. The summed E-state index contributed by atoms with van der Waals surface area (Å²) in [5.74, 6) is 1.61. The van der Waals surface area contributed by atoms with Gasteiger partial charge in [-0.3, -0.25) is 0 Å². The highest BCUT2D eigenvalue weighted by Crippen LogP contribution is 2.26. The number of furan rings is 1. The zero-order valence-corrected chi connectivity index (χ0v) is 14.3. The van der Waals surface area contributed by atoms with E-state index in [4.69, 9.17) is 16.0 Å². The molecule has 0 fully saturated rings. The second kappa shape index (κ2) is 7.67. The standard InChI is InChI=1S/C20H20ClNO2/c1-14-7-8-16(11-18(14)21)20-10-9-17(24-20)12-22-13-19(23)15-5-3-2-4-6-15/h2-11,19,22-23H,12-13H2,1H3/t19-/m1/s1. The molecule has 0 unspecified atom stereocenters. The van der Waals surface area contributed by atoms with E-state index in [0.717, 1.165) is 33.2 Å². The fourth-order valence-electron chi connectivity index (χ4n) is 2.50. The highest BCUT2D eigenvalue weighted by Gasteiger charge is 2.09.